The number of ether oxygens (including phenoxy) is 1. The molecule has 0 aliphatic rings. The van der Waals surface area contributed by atoms with Crippen molar-refractivity contribution < 1.29 is 23.0 Å². The molecule has 1 aromatic rings. The predicted octanol–water partition coefficient (Wildman–Crippen LogP) is 1.34. The Balaban J connectivity index is 3.18. The first kappa shape index (κ1) is 11.3. The third-order valence-corrected chi connectivity index (χ3v) is 1.47. The minimum atomic E-state index is -4.92. The fourth-order valence-electron chi connectivity index (χ4n) is 0.922. The van der Waals surface area contributed by atoms with Gasteiger partial charge in [-0.3, -0.25) is 4.98 Å². The number of alkyl halides is 3. The SMILES string of the molecule is N#Cc1ccnc(CO)c1OC(F)(F)F. The zero-order chi connectivity index (χ0) is 11.5. The average Bonchev–Trinajstić information content (AvgIpc) is 2.16. The second-order valence-electron chi connectivity index (χ2n) is 2.45. The molecule has 7 heteroatoms. The first-order valence-corrected chi connectivity index (χ1v) is 3.72. The molecule has 1 heterocycles. The van der Waals surface area contributed by atoms with Crippen molar-refractivity contribution in [2.75, 3.05) is 0 Å². The number of nitriles is 1. The number of hydrogen-bond donors (Lipinski definition) is 1. The van der Waals surface area contributed by atoms with E-state index in [0.29, 0.717) is 0 Å². The van der Waals surface area contributed by atoms with Crippen molar-refractivity contribution in [2.24, 2.45) is 0 Å². The molecule has 1 rings (SSSR count). The van der Waals surface area contributed by atoms with Crippen LogP contribution in [-0.2, 0) is 6.61 Å². The Kier molecular flexibility index (Phi) is 3.11. The standard InChI is InChI=1S/C8H5F3N2O2/c9-8(10,11)15-7-5(3-12)1-2-13-6(7)4-14/h1-2,14H,4H2. The van der Waals surface area contributed by atoms with Crippen LogP contribution in [0.4, 0.5) is 13.2 Å². The molecule has 4 nitrogen and oxygen atoms in total. The number of nitrogens with zero attached hydrogens (tertiary/aromatic N) is 2. The summed E-state index contributed by atoms with van der Waals surface area (Å²) in [5.74, 6) is -0.755. The fourth-order valence-corrected chi connectivity index (χ4v) is 0.922. The van der Waals surface area contributed by atoms with Crippen molar-refractivity contribution in [2.45, 2.75) is 13.0 Å². The molecule has 0 amide bonds. The molecule has 0 unspecified atom stereocenters. The molecular weight excluding hydrogens is 213 g/mol. The van der Waals surface area contributed by atoms with Crippen LogP contribution < -0.4 is 4.74 Å². The van der Waals surface area contributed by atoms with Gasteiger partial charge in [0.05, 0.1) is 12.2 Å². The quantitative estimate of drug-likeness (QED) is 0.813. The van der Waals surface area contributed by atoms with Gasteiger partial charge in [0.25, 0.3) is 0 Å². The summed E-state index contributed by atoms with van der Waals surface area (Å²) in [5, 5.41) is 17.2. The third kappa shape index (κ3) is 2.82. The van der Waals surface area contributed by atoms with Gasteiger partial charge in [-0.05, 0) is 6.07 Å². The van der Waals surface area contributed by atoms with E-state index in [1.165, 1.54) is 6.07 Å². The second kappa shape index (κ2) is 4.14. The van der Waals surface area contributed by atoms with E-state index in [4.69, 9.17) is 10.4 Å². The van der Waals surface area contributed by atoms with Gasteiger partial charge in [-0.2, -0.15) is 5.26 Å². The van der Waals surface area contributed by atoms with Crippen LogP contribution in [-0.4, -0.2) is 16.5 Å². The minimum Gasteiger partial charge on any atom is -0.402 e. The number of aromatic nitrogens is 1. The van der Waals surface area contributed by atoms with Crippen molar-refractivity contribution >= 4 is 0 Å². The minimum absolute atomic E-state index is 0.327. The number of rotatable bonds is 2. The van der Waals surface area contributed by atoms with Gasteiger partial charge < -0.3 is 9.84 Å². The van der Waals surface area contributed by atoms with Crippen LogP contribution in [0, 0.1) is 11.3 Å². The molecule has 1 N–H and O–H groups in total. The molecule has 0 saturated carbocycles. The van der Waals surface area contributed by atoms with Gasteiger partial charge >= 0.3 is 6.36 Å². The highest BCUT2D eigenvalue weighted by molar-refractivity contribution is 5.45. The normalized spacial score (nSPS) is 10.9. The number of pyridine rings is 1. The lowest BCUT2D eigenvalue weighted by molar-refractivity contribution is -0.275. The van der Waals surface area contributed by atoms with E-state index in [0.717, 1.165) is 12.3 Å². The summed E-state index contributed by atoms with van der Waals surface area (Å²) < 4.78 is 39.4. The fraction of sp³-hybridized carbons (Fsp3) is 0.250. The molecule has 0 saturated heterocycles. The number of hydrogen-bond acceptors (Lipinski definition) is 4. The van der Waals surface area contributed by atoms with E-state index < -0.39 is 18.7 Å². The molecule has 0 radical (unpaired) electrons. The maximum absolute atomic E-state index is 11.9. The van der Waals surface area contributed by atoms with Gasteiger partial charge in [-0.15, -0.1) is 13.2 Å². The lowest BCUT2D eigenvalue weighted by atomic mass is 10.2. The van der Waals surface area contributed by atoms with Gasteiger partial charge in [0.2, 0.25) is 0 Å². The molecule has 0 fully saturated rings. The Bertz CT molecular complexity index is 398. The van der Waals surface area contributed by atoms with Crippen LogP contribution in [0.2, 0.25) is 0 Å². The molecule has 0 aliphatic carbocycles. The first-order chi connectivity index (χ1) is 6.98. The van der Waals surface area contributed by atoms with Gasteiger partial charge in [0, 0.05) is 6.20 Å². The van der Waals surface area contributed by atoms with Gasteiger partial charge in [0.15, 0.2) is 5.75 Å². The molecule has 0 atom stereocenters. The summed E-state index contributed by atoms with van der Waals surface area (Å²) in [7, 11) is 0. The first-order valence-electron chi connectivity index (χ1n) is 3.72. The Labute approximate surface area is 82.5 Å². The zero-order valence-corrected chi connectivity index (χ0v) is 7.25. The number of aliphatic hydroxyl groups excluding tert-OH is 1. The summed E-state index contributed by atoms with van der Waals surface area (Å²) in [6.07, 6.45) is -3.80. The second-order valence-corrected chi connectivity index (χ2v) is 2.45. The molecule has 0 aromatic carbocycles. The van der Waals surface area contributed by atoms with E-state index in [2.05, 4.69) is 9.72 Å². The van der Waals surface area contributed by atoms with E-state index in [1.807, 2.05) is 0 Å². The zero-order valence-electron chi connectivity index (χ0n) is 7.25. The Morgan fingerprint density at radius 3 is 2.67 bits per heavy atom. The van der Waals surface area contributed by atoms with Crippen LogP contribution in [0.1, 0.15) is 11.3 Å². The van der Waals surface area contributed by atoms with Gasteiger partial charge in [0.1, 0.15) is 11.8 Å². The van der Waals surface area contributed by atoms with E-state index >= 15 is 0 Å². The van der Waals surface area contributed by atoms with Crippen LogP contribution in [0.5, 0.6) is 5.75 Å². The highest BCUT2D eigenvalue weighted by atomic mass is 19.4. The molecule has 0 aliphatic heterocycles. The molecule has 15 heavy (non-hydrogen) atoms. The van der Waals surface area contributed by atoms with Crippen molar-refractivity contribution in [1.29, 1.82) is 5.26 Å². The number of halogens is 3. The molecule has 0 spiro atoms. The van der Waals surface area contributed by atoms with Crippen molar-refractivity contribution in [1.82, 2.24) is 4.98 Å². The van der Waals surface area contributed by atoms with E-state index in [9.17, 15) is 13.2 Å². The molecular formula is C8H5F3N2O2. The van der Waals surface area contributed by atoms with Gasteiger partial charge in [-0.25, -0.2) is 0 Å². The van der Waals surface area contributed by atoms with Crippen molar-refractivity contribution in [3.05, 3.63) is 23.5 Å². The van der Waals surface area contributed by atoms with E-state index in [1.54, 1.807) is 0 Å². The molecule has 80 valence electrons. The smallest absolute Gasteiger partial charge is 0.402 e. The van der Waals surface area contributed by atoms with Crippen LogP contribution >= 0.6 is 0 Å². The predicted molar refractivity (Wildman–Crippen MR) is 41.6 cm³/mol. The maximum Gasteiger partial charge on any atom is 0.573 e. The summed E-state index contributed by atoms with van der Waals surface area (Å²) in [4.78, 5) is 3.46. The van der Waals surface area contributed by atoms with Crippen molar-refractivity contribution in [3.63, 3.8) is 0 Å². The van der Waals surface area contributed by atoms with Crippen molar-refractivity contribution in [3.8, 4) is 11.8 Å². The molecule has 0 bridgehead atoms. The Morgan fingerprint density at radius 1 is 1.53 bits per heavy atom. The summed E-state index contributed by atoms with van der Waals surface area (Å²) in [6.45, 7) is -0.735. The highest BCUT2D eigenvalue weighted by Crippen LogP contribution is 2.28. The molecule has 1 aromatic heterocycles. The van der Waals surface area contributed by atoms with Gasteiger partial charge in [-0.1, -0.05) is 0 Å². The highest BCUT2D eigenvalue weighted by Gasteiger charge is 2.33. The average molecular weight is 218 g/mol. The topological polar surface area (TPSA) is 66.1 Å². The Hall–Kier alpha value is -1.81. The van der Waals surface area contributed by atoms with E-state index in [-0.39, 0.29) is 11.3 Å². The van der Waals surface area contributed by atoms with Crippen LogP contribution in [0.15, 0.2) is 12.3 Å². The van der Waals surface area contributed by atoms with Crippen LogP contribution in [0.25, 0.3) is 0 Å². The maximum atomic E-state index is 11.9. The Morgan fingerprint density at radius 2 is 2.20 bits per heavy atom. The van der Waals surface area contributed by atoms with Crippen LogP contribution in [0.3, 0.4) is 0 Å². The number of aliphatic hydroxyl groups is 1. The lowest BCUT2D eigenvalue weighted by Crippen LogP contribution is -2.19. The summed E-state index contributed by atoms with van der Waals surface area (Å²) in [5.41, 5.74) is -0.655. The lowest BCUT2D eigenvalue weighted by Gasteiger charge is -2.12. The summed E-state index contributed by atoms with van der Waals surface area (Å²) in [6, 6.07) is 2.59. The largest absolute Gasteiger partial charge is 0.573 e. The monoisotopic (exact) mass is 218 g/mol. The third-order valence-electron chi connectivity index (χ3n) is 1.47. The summed E-state index contributed by atoms with van der Waals surface area (Å²) >= 11 is 0.